The zero-order valence-electron chi connectivity index (χ0n) is 18.6. The summed E-state index contributed by atoms with van der Waals surface area (Å²) in [5.74, 6) is 1.80. The molecule has 5 heteroatoms. The van der Waals surface area contributed by atoms with Crippen LogP contribution >= 0.6 is 0 Å². The fraction of sp³-hybridized carbons (Fsp3) is 0.385. The molecule has 2 aromatic carbocycles. The van der Waals surface area contributed by atoms with Crippen LogP contribution in [0.15, 0.2) is 60.9 Å². The molecule has 1 fully saturated rings. The minimum Gasteiger partial charge on any atom is -0.348 e. The summed E-state index contributed by atoms with van der Waals surface area (Å²) >= 11 is 0. The molecule has 162 valence electrons. The summed E-state index contributed by atoms with van der Waals surface area (Å²) in [7, 11) is 0. The first-order valence-corrected chi connectivity index (χ1v) is 11.2. The fourth-order valence-corrected chi connectivity index (χ4v) is 4.05. The van der Waals surface area contributed by atoms with Gasteiger partial charge in [0, 0.05) is 37.6 Å². The third-order valence-electron chi connectivity index (χ3n) is 6.25. The van der Waals surface area contributed by atoms with Gasteiger partial charge in [-0.2, -0.15) is 0 Å². The monoisotopic (exact) mass is 416 g/mol. The van der Waals surface area contributed by atoms with Crippen molar-refractivity contribution in [1.82, 2.24) is 19.8 Å². The van der Waals surface area contributed by atoms with E-state index in [4.69, 9.17) is 0 Å². The van der Waals surface area contributed by atoms with E-state index in [0.29, 0.717) is 12.1 Å². The Balaban J connectivity index is 1.26. The predicted molar refractivity (Wildman–Crippen MR) is 124 cm³/mol. The third-order valence-corrected chi connectivity index (χ3v) is 6.25. The Bertz CT molecular complexity index is 983. The van der Waals surface area contributed by atoms with Crippen molar-refractivity contribution >= 4 is 5.91 Å². The number of hydrogen-bond acceptors (Lipinski definition) is 3. The van der Waals surface area contributed by atoms with E-state index in [-0.39, 0.29) is 5.91 Å². The summed E-state index contributed by atoms with van der Waals surface area (Å²) in [6.45, 7) is 9.04. The van der Waals surface area contributed by atoms with Crippen LogP contribution in [0.5, 0.6) is 0 Å². The first kappa shape index (κ1) is 21.3. The molecule has 0 radical (unpaired) electrons. The van der Waals surface area contributed by atoms with E-state index in [1.165, 1.54) is 31.5 Å². The number of aromatic nitrogens is 2. The van der Waals surface area contributed by atoms with Crippen LogP contribution in [0.1, 0.15) is 52.6 Å². The number of likely N-dealkylation sites (tertiary alicyclic amines) is 1. The maximum Gasteiger partial charge on any atom is 0.251 e. The van der Waals surface area contributed by atoms with Crippen LogP contribution in [-0.4, -0.2) is 33.4 Å². The molecule has 0 bridgehead atoms. The van der Waals surface area contributed by atoms with Crippen LogP contribution < -0.4 is 5.32 Å². The highest BCUT2D eigenvalue weighted by Gasteiger charge is 2.15. The van der Waals surface area contributed by atoms with Gasteiger partial charge in [-0.1, -0.05) is 43.3 Å². The highest BCUT2D eigenvalue weighted by molar-refractivity contribution is 5.94. The molecule has 0 aliphatic carbocycles. The lowest BCUT2D eigenvalue weighted by molar-refractivity contribution is 0.0951. The zero-order chi connectivity index (χ0) is 21.6. The van der Waals surface area contributed by atoms with Gasteiger partial charge in [-0.3, -0.25) is 9.69 Å². The van der Waals surface area contributed by atoms with Crippen molar-refractivity contribution in [3.63, 3.8) is 0 Å². The molecule has 1 N–H and O–H groups in total. The van der Waals surface area contributed by atoms with Gasteiger partial charge in [-0.15, -0.1) is 0 Å². The maximum absolute atomic E-state index is 12.5. The quantitative estimate of drug-likeness (QED) is 0.621. The Morgan fingerprint density at radius 1 is 0.968 bits per heavy atom. The van der Waals surface area contributed by atoms with Crippen molar-refractivity contribution in [2.24, 2.45) is 5.92 Å². The molecule has 0 atom stereocenters. The first-order chi connectivity index (χ1) is 15.1. The summed E-state index contributed by atoms with van der Waals surface area (Å²) in [4.78, 5) is 19.3. The lowest BCUT2D eigenvalue weighted by atomic mass is 9.99. The minimum atomic E-state index is -0.0446. The lowest BCUT2D eigenvalue weighted by Crippen LogP contribution is -2.32. The van der Waals surface area contributed by atoms with E-state index in [1.54, 1.807) is 6.20 Å². The second kappa shape index (κ2) is 9.92. The van der Waals surface area contributed by atoms with Gasteiger partial charge in [0.25, 0.3) is 5.91 Å². The second-order valence-corrected chi connectivity index (χ2v) is 8.76. The van der Waals surface area contributed by atoms with Gasteiger partial charge < -0.3 is 9.88 Å². The van der Waals surface area contributed by atoms with Gasteiger partial charge in [0.2, 0.25) is 0 Å². The number of carbonyl (C=O) groups excluding carboxylic acids is 1. The van der Waals surface area contributed by atoms with E-state index < -0.39 is 0 Å². The fourth-order valence-electron chi connectivity index (χ4n) is 4.05. The summed E-state index contributed by atoms with van der Waals surface area (Å²) in [5.41, 5.74) is 4.29. The Morgan fingerprint density at radius 3 is 2.23 bits per heavy atom. The SMILES string of the molecule is Cc1nccn1Cc1ccc(C(=O)NCc2ccc(CN3CCC(C)CC3)cc2)cc1. The molecular weight excluding hydrogens is 384 g/mol. The lowest BCUT2D eigenvalue weighted by Gasteiger charge is -2.30. The number of piperidine rings is 1. The highest BCUT2D eigenvalue weighted by atomic mass is 16.1. The van der Waals surface area contributed by atoms with Gasteiger partial charge in [0.05, 0.1) is 0 Å². The van der Waals surface area contributed by atoms with E-state index in [1.807, 2.05) is 37.4 Å². The number of nitrogens with one attached hydrogen (secondary N) is 1. The molecule has 0 unspecified atom stereocenters. The van der Waals surface area contributed by atoms with Crippen LogP contribution in [0.25, 0.3) is 0 Å². The molecule has 0 saturated carbocycles. The van der Waals surface area contributed by atoms with Crippen LogP contribution in [0.2, 0.25) is 0 Å². The van der Waals surface area contributed by atoms with E-state index in [9.17, 15) is 4.79 Å². The third kappa shape index (κ3) is 5.82. The number of benzene rings is 2. The van der Waals surface area contributed by atoms with Crippen LogP contribution in [0.3, 0.4) is 0 Å². The highest BCUT2D eigenvalue weighted by Crippen LogP contribution is 2.18. The smallest absolute Gasteiger partial charge is 0.251 e. The van der Waals surface area contributed by atoms with Gasteiger partial charge in [0.1, 0.15) is 5.82 Å². The zero-order valence-corrected chi connectivity index (χ0v) is 18.6. The Kier molecular flexibility index (Phi) is 6.82. The Hall–Kier alpha value is -2.92. The molecule has 2 heterocycles. The average molecular weight is 417 g/mol. The molecule has 3 aromatic rings. The van der Waals surface area contributed by atoms with Gasteiger partial charge >= 0.3 is 0 Å². The van der Waals surface area contributed by atoms with Crippen LogP contribution in [0.4, 0.5) is 0 Å². The largest absolute Gasteiger partial charge is 0.348 e. The maximum atomic E-state index is 12.5. The molecule has 1 aliphatic heterocycles. The van der Waals surface area contributed by atoms with Gasteiger partial charge in [-0.05, 0) is 67.6 Å². The number of hydrogen-bond donors (Lipinski definition) is 1. The Labute approximate surface area is 185 Å². The molecule has 1 aromatic heterocycles. The predicted octanol–water partition coefficient (Wildman–Crippen LogP) is 4.40. The number of nitrogens with zero attached hydrogens (tertiary/aromatic N) is 3. The standard InChI is InChI=1S/C26H32N4O/c1-20-11-14-29(15-12-20)18-23-5-3-22(4-6-23)17-28-26(31)25-9-7-24(8-10-25)19-30-16-13-27-21(30)2/h3-10,13,16,20H,11-12,14-15,17-19H2,1-2H3,(H,28,31). The topological polar surface area (TPSA) is 50.2 Å². The van der Waals surface area contributed by atoms with E-state index in [0.717, 1.165) is 36.0 Å². The van der Waals surface area contributed by atoms with Gasteiger partial charge in [-0.25, -0.2) is 4.98 Å². The van der Waals surface area contributed by atoms with E-state index in [2.05, 4.69) is 51.0 Å². The molecular formula is C26H32N4O. The van der Waals surface area contributed by atoms with E-state index >= 15 is 0 Å². The van der Waals surface area contributed by atoms with Crippen LogP contribution in [-0.2, 0) is 19.6 Å². The molecule has 1 saturated heterocycles. The number of aryl methyl sites for hydroxylation is 1. The van der Waals surface area contributed by atoms with Crippen molar-refractivity contribution < 1.29 is 4.79 Å². The Morgan fingerprint density at radius 2 is 1.58 bits per heavy atom. The molecule has 0 spiro atoms. The number of carbonyl (C=O) groups is 1. The summed E-state index contributed by atoms with van der Waals surface area (Å²) in [5, 5.41) is 3.03. The van der Waals surface area contributed by atoms with Crippen LogP contribution in [0, 0.1) is 12.8 Å². The number of imidazole rings is 1. The van der Waals surface area contributed by atoms with Crippen molar-refractivity contribution in [2.45, 2.75) is 46.3 Å². The molecule has 5 nitrogen and oxygen atoms in total. The van der Waals surface area contributed by atoms with Crippen molar-refractivity contribution in [3.05, 3.63) is 89.0 Å². The minimum absolute atomic E-state index is 0.0446. The average Bonchev–Trinajstić information content (AvgIpc) is 3.19. The first-order valence-electron chi connectivity index (χ1n) is 11.2. The van der Waals surface area contributed by atoms with Gasteiger partial charge in [0.15, 0.2) is 0 Å². The summed E-state index contributed by atoms with van der Waals surface area (Å²) < 4.78 is 2.09. The number of rotatable bonds is 7. The molecule has 4 rings (SSSR count). The molecule has 1 aliphatic rings. The van der Waals surface area contributed by atoms with Crippen molar-refractivity contribution in [3.8, 4) is 0 Å². The summed E-state index contributed by atoms with van der Waals surface area (Å²) in [6, 6.07) is 16.4. The second-order valence-electron chi connectivity index (χ2n) is 8.76. The molecule has 1 amide bonds. The normalized spacial score (nSPS) is 15.2. The van der Waals surface area contributed by atoms with Crippen molar-refractivity contribution in [1.29, 1.82) is 0 Å². The van der Waals surface area contributed by atoms with Crippen molar-refractivity contribution in [2.75, 3.05) is 13.1 Å². The summed E-state index contributed by atoms with van der Waals surface area (Å²) in [6.07, 6.45) is 6.37. The molecule has 31 heavy (non-hydrogen) atoms. The number of amides is 1.